The molecule has 0 aromatic heterocycles. The monoisotopic (exact) mass is 481 g/mol. The van der Waals surface area contributed by atoms with E-state index in [1.54, 1.807) is 72.8 Å². The van der Waals surface area contributed by atoms with E-state index in [1.807, 2.05) is 0 Å². The molecule has 0 radical (unpaired) electrons. The van der Waals surface area contributed by atoms with E-state index in [-0.39, 0.29) is 16.9 Å². The van der Waals surface area contributed by atoms with Gasteiger partial charge in [0.1, 0.15) is 5.75 Å². The lowest BCUT2D eigenvalue weighted by Gasteiger charge is -2.12. The van der Waals surface area contributed by atoms with Gasteiger partial charge in [0.05, 0.1) is 17.2 Å². The van der Waals surface area contributed by atoms with Crippen molar-refractivity contribution in [3.8, 4) is 5.75 Å². The minimum atomic E-state index is -0.337. The predicted octanol–water partition coefficient (Wildman–Crippen LogP) is 5.90. The van der Waals surface area contributed by atoms with Crippen LogP contribution in [-0.2, 0) is 0 Å². The second kappa shape index (κ2) is 12.0. The Labute approximate surface area is 203 Å². The second-order valence-corrected chi connectivity index (χ2v) is 7.96. The highest BCUT2D eigenvalue weighted by molar-refractivity contribution is 7.80. The number of halogens is 1. The van der Waals surface area contributed by atoms with Gasteiger partial charge in [-0.3, -0.25) is 14.9 Å². The lowest BCUT2D eigenvalue weighted by Crippen LogP contribution is -2.34. The summed E-state index contributed by atoms with van der Waals surface area (Å²) in [7, 11) is 0. The first kappa shape index (κ1) is 24.2. The highest BCUT2D eigenvalue weighted by Crippen LogP contribution is 2.19. The molecule has 170 valence electrons. The maximum absolute atomic E-state index is 12.5. The van der Waals surface area contributed by atoms with Gasteiger partial charge in [-0.2, -0.15) is 0 Å². The van der Waals surface area contributed by atoms with Crippen molar-refractivity contribution in [2.75, 3.05) is 17.2 Å². The molecule has 0 atom stereocenters. The molecular weight excluding hydrogens is 458 g/mol. The van der Waals surface area contributed by atoms with Crippen LogP contribution >= 0.6 is 23.8 Å². The average Bonchev–Trinajstić information content (AvgIpc) is 2.80. The Kier molecular flexibility index (Phi) is 8.80. The van der Waals surface area contributed by atoms with Crippen LogP contribution in [0.5, 0.6) is 5.75 Å². The molecule has 0 aliphatic rings. The number of amides is 2. The van der Waals surface area contributed by atoms with Crippen molar-refractivity contribution >= 4 is 52.1 Å². The molecule has 0 bridgehead atoms. The number of benzene rings is 3. The van der Waals surface area contributed by atoms with Crippen LogP contribution < -0.4 is 20.7 Å². The van der Waals surface area contributed by atoms with Gasteiger partial charge < -0.3 is 15.4 Å². The summed E-state index contributed by atoms with van der Waals surface area (Å²) in [5.41, 5.74) is 2.00. The second-order valence-electron chi connectivity index (χ2n) is 7.15. The highest BCUT2D eigenvalue weighted by Gasteiger charge is 2.11. The first-order valence-electron chi connectivity index (χ1n) is 10.5. The van der Waals surface area contributed by atoms with Gasteiger partial charge in [-0.15, -0.1) is 0 Å². The minimum Gasteiger partial charge on any atom is -0.494 e. The predicted molar refractivity (Wildman–Crippen MR) is 136 cm³/mol. The molecule has 2 amide bonds. The number of nitrogens with one attached hydrogen (secondary N) is 3. The van der Waals surface area contributed by atoms with Gasteiger partial charge in [0.2, 0.25) is 0 Å². The van der Waals surface area contributed by atoms with E-state index in [9.17, 15) is 9.59 Å². The van der Waals surface area contributed by atoms with E-state index < -0.39 is 0 Å². The molecule has 0 aliphatic heterocycles. The van der Waals surface area contributed by atoms with Crippen molar-refractivity contribution in [2.45, 2.75) is 19.8 Å². The van der Waals surface area contributed by atoms with Crippen LogP contribution in [0, 0.1) is 0 Å². The zero-order valence-corrected chi connectivity index (χ0v) is 19.6. The summed E-state index contributed by atoms with van der Waals surface area (Å²) in [6.45, 7) is 2.74. The molecule has 0 saturated heterocycles. The topological polar surface area (TPSA) is 79.5 Å². The Hall–Kier alpha value is -3.42. The van der Waals surface area contributed by atoms with Crippen LogP contribution in [0.15, 0.2) is 72.8 Å². The summed E-state index contributed by atoms with van der Waals surface area (Å²) >= 11 is 11.3. The smallest absolute Gasteiger partial charge is 0.257 e. The summed E-state index contributed by atoms with van der Waals surface area (Å²) in [5.74, 6) is 0.0582. The van der Waals surface area contributed by atoms with Gasteiger partial charge >= 0.3 is 0 Å². The van der Waals surface area contributed by atoms with Gasteiger partial charge in [-0.25, -0.2) is 0 Å². The number of carbonyl (C=O) groups is 2. The zero-order chi connectivity index (χ0) is 23.6. The fourth-order valence-electron chi connectivity index (χ4n) is 2.89. The third-order valence-corrected chi connectivity index (χ3v) is 5.14. The molecule has 0 fully saturated rings. The fourth-order valence-corrected chi connectivity index (χ4v) is 3.33. The SMILES string of the molecule is CCCCOc1ccc(C(=O)NC(=S)Nc2cccc(NC(=O)c3ccccc3Cl)c2)cc1. The third-order valence-electron chi connectivity index (χ3n) is 4.61. The summed E-state index contributed by atoms with van der Waals surface area (Å²) in [6, 6.07) is 20.7. The van der Waals surface area contributed by atoms with E-state index in [1.165, 1.54) is 0 Å². The number of hydrogen-bond acceptors (Lipinski definition) is 4. The molecule has 8 heteroatoms. The summed E-state index contributed by atoms with van der Waals surface area (Å²) in [5, 5.41) is 8.90. The van der Waals surface area contributed by atoms with Crippen LogP contribution in [0.3, 0.4) is 0 Å². The van der Waals surface area contributed by atoms with Crippen LogP contribution in [0.25, 0.3) is 0 Å². The van der Waals surface area contributed by atoms with Crippen molar-refractivity contribution in [1.82, 2.24) is 5.32 Å². The quantitative estimate of drug-likeness (QED) is 0.276. The van der Waals surface area contributed by atoms with Gasteiger partial charge in [-0.05, 0) is 73.2 Å². The van der Waals surface area contributed by atoms with Crippen molar-refractivity contribution in [1.29, 1.82) is 0 Å². The maximum atomic E-state index is 12.5. The van der Waals surface area contributed by atoms with E-state index in [0.29, 0.717) is 34.1 Å². The van der Waals surface area contributed by atoms with Crippen LogP contribution in [-0.4, -0.2) is 23.5 Å². The fraction of sp³-hybridized carbons (Fsp3) is 0.160. The van der Waals surface area contributed by atoms with Crippen LogP contribution in [0.1, 0.15) is 40.5 Å². The van der Waals surface area contributed by atoms with Gasteiger partial charge in [0.15, 0.2) is 5.11 Å². The Morgan fingerprint density at radius 2 is 1.61 bits per heavy atom. The molecule has 0 aliphatic carbocycles. The summed E-state index contributed by atoms with van der Waals surface area (Å²) in [6.07, 6.45) is 2.04. The Morgan fingerprint density at radius 3 is 2.30 bits per heavy atom. The minimum absolute atomic E-state index is 0.137. The molecule has 0 spiro atoms. The molecule has 3 aromatic carbocycles. The molecule has 0 unspecified atom stereocenters. The van der Waals surface area contributed by atoms with Crippen molar-refractivity contribution < 1.29 is 14.3 Å². The largest absolute Gasteiger partial charge is 0.494 e. The third kappa shape index (κ3) is 7.30. The lowest BCUT2D eigenvalue weighted by molar-refractivity contribution is 0.0976. The van der Waals surface area contributed by atoms with E-state index in [0.717, 1.165) is 18.6 Å². The number of anilines is 2. The van der Waals surface area contributed by atoms with Crippen molar-refractivity contribution in [3.63, 3.8) is 0 Å². The summed E-state index contributed by atoms with van der Waals surface area (Å²) in [4.78, 5) is 24.9. The maximum Gasteiger partial charge on any atom is 0.257 e. The number of unbranched alkanes of at least 4 members (excludes halogenated alkanes) is 1. The summed E-state index contributed by atoms with van der Waals surface area (Å²) < 4.78 is 5.61. The van der Waals surface area contributed by atoms with Gasteiger partial charge in [0, 0.05) is 16.9 Å². The number of rotatable bonds is 8. The normalized spacial score (nSPS) is 10.2. The van der Waals surface area contributed by atoms with Crippen molar-refractivity contribution in [3.05, 3.63) is 88.9 Å². The first-order chi connectivity index (χ1) is 16.0. The molecule has 33 heavy (non-hydrogen) atoms. The van der Waals surface area contributed by atoms with E-state index in [4.69, 9.17) is 28.6 Å². The standard InChI is InChI=1S/C25H24ClN3O3S/c1-2-3-15-32-20-13-11-17(12-14-20)23(30)29-25(33)28-19-8-6-7-18(16-19)27-24(31)21-9-4-5-10-22(21)26/h4-14,16H,2-3,15H2,1H3,(H,27,31)(H2,28,29,30,33). The van der Waals surface area contributed by atoms with E-state index >= 15 is 0 Å². The van der Waals surface area contributed by atoms with Crippen molar-refractivity contribution in [2.24, 2.45) is 0 Å². The molecule has 3 rings (SSSR count). The molecular formula is C25H24ClN3O3S. The molecule has 6 nitrogen and oxygen atoms in total. The van der Waals surface area contributed by atoms with Gasteiger partial charge in [0.25, 0.3) is 11.8 Å². The average molecular weight is 482 g/mol. The Bertz CT molecular complexity index is 1140. The molecule has 3 aromatic rings. The Morgan fingerprint density at radius 1 is 0.909 bits per heavy atom. The number of carbonyl (C=O) groups excluding carboxylic acids is 2. The lowest BCUT2D eigenvalue weighted by atomic mass is 10.2. The number of ether oxygens (including phenoxy) is 1. The molecule has 0 saturated carbocycles. The first-order valence-corrected chi connectivity index (χ1v) is 11.3. The van der Waals surface area contributed by atoms with Crippen LogP contribution in [0.2, 0.25) is 5.02 Å². The Balaban J connectivity index is 1.55. The molecule has 0 heterocycles. The number of thiocarbonyl (C=S) groups is 1. The zero-order valence-electron chi connectivity index (χ0n) is 18.1. The number of hydrogen-bond donors (Lipinski definition) is 3. The highest BCUT2D eigenvalue weighted by atomic mass is 35.5. The van der Waals surface area contributed by atoms with E-state index in [2.05, 4.69) is 22.9 Å². The van der Waals surface area contributed by atoms with Crippen LogP contribution in [0.4, 0.5) is 11.4 Å². The van der Waals surface area contributed by atoms with Gasteiger partial charge in [-0.1, -0.05) is 43.1 Å². The molecule has 3 N–H and O–H groups in total.